The molecule has 2 fully saturated rings. The van der Waals surface area contributed by atoms with Crippen LogP contribution < -0.4 is 15.1 Å². The van der Waals surface area contributed by atoms with Crippen molar-refractivity contribution in [3.63, 3.8) is 0 Å². The molecule has 2 aromatic carbocycles. The number of rotatable bonds is 5. The van der Waals surface area contributed by atoms with E-state index in [-0.39, 0.29) is 17.2 Å². The molecule has 2 heterocycles. The summed E-state index contributed by atoms with van der Waals surface area (Å²) in [6, 6.07) is 12.4. The monoisotopic (exact) mass is 424 g/mol. The molecule has 0 atom stereocenters. The van der Waals surface area contributed by atoms with Gasteiger partial charge >= 0.3 is 0 Å². The topological polar surface area (TPSA) is 88.0 Å². The number of nitro groups is 1. The molecular formula is C23H28N4O4. The predicted octanol–water partition coefficient (Wildman–Crippen LogP) is 4.06. The third-order valence-electron chi connectivity index (χ3n) is 5.88. The van der Waals surface area contributed by atoms with Gasteiger partial charge < -0.3 is 19.9 Å². The van der Waals surface area contributed by atoms with Crippen LogP contribution in [0.5, 0.6) is 0 Å². The molecule has 2 aliphatic heterocycles. The van der Waals surface area contributed by atoms with Crippen molar-refractivity contribution in [3.05, 3.63) is 58.1 Å². The smallest absolute Gasteiger partial charge is 0.293 e. The zero-order valence-corrected chi connectivity index (χ0v) is 17.6. The first-order valence-electron chi connectivity index (χ1n) is 10.9. The van der Waals surface area contributed by atoms with Crippen molar-refractivity contribution in [1.82, 2.24) is 0 Å². The van der Waals surface area contributed by atoms with E-state index in [1.165, 1.54) is 6.07 Å². The van der Waals surface area contributed by atoms with Gasteiger partial charge in [-0.05, 0) is 49.2 Å². The second-order valence-electron chi connectivity index (χ2n) is 7.96. The maximum Gasteiger partial charge on any atom is 0.293 e. The van der Waals surface area contributed by atoms with Crippen molar-refractivity contribution >= 4 is 28.7 Å². The Balaban J connectivity index is 1.47. The molecule has 2 aliphatic rings. The minimum atomic E-state index is -0.395. The second kappa shape index (κ2) is 9.78. The molecule has 4 rings (SSSR count). The fraction of sp³-hybridized carbons (Fsp3) is 0.435. The van der Waals surface area contributed by atoms with Gasteiger partial charge in [-0.1, -0.05) is 12.8 Å². The van der Waals surface area contributed by atoms with Crippen molar-refractivity contribution in [1.29, 1.82) is 0 Å². The summed E-state index contributed by atoms with van der Waals surface area (Å²) < 4.78 is 5.38. The van der Waals surface area contributed by atoms with Crippen LogP contribution in [0.15, 0.2) is 42.5 Å². The molecule has 8 heteroatoms. The average molecular weight is 425 g/mol. The molecule has 2 saturated heterocycles. The lowest BCUT2D eigenvalue weighted by Gasteiger charge is -2.28. The number of anilines is 3. The standard InChI is InChI=1S/C23H28N4O4/c28-23(24-19-6-8-20(9-7-19)25-13-15-31-16-14-25)18-5-10-21(22(17-18)27(29)30)26-11-3-1-2-4-12-26/h5-10,17H,1-4,11-16H2,(H,24,28). The maximum atomic E-state index is 12.7. The lowest BCUT2D eigenvalue weighted by molar-refractivity contribution is -0.384. The van der Waals surface area contributed by atoms with Gasteiger partial charge in [0, 0.05) is 49.2 Å². The van der Waals surface area contributed by atoms with Crippen molar-refractivity contribution in [2.75, 3.05) is 54.5 Å². The first kappa shape index (κ1) is 21.1. The number of morpholine rings is 1. The van der Waals surface area contributed by atoms with Crippen LogP contribution in [-0.4, -0.2) is 50.2 Å². The van der Waals surface area contributed by atoms with Gasteiger partial charge in [-0.3, -0.25) is 14.9 Å². The normalized spacial score (nSPS) is 17.2. The van der Waals surface area contributed by atoms with Crippen LogP contribution in [0.25, 0.3) is 0 Å². The summed E-state index contributed by atoms with van der Waals surface area (Å²) in [5.41, 5.74) is 2.60. The van der Waals surface area contributed by atoms with Crippen LogP contribution >= 0.6 is 0 Å². The third-order valence-corrected chi connectivity index (χ3v) is 5.88. The summed E-state index contributed by atoms with van der Waals surface area (Å²) in [7, 11) is 0. The number of nitrogens with one attached hydrogen (secondary N) is 1. The van der Waals surface area contributed by atoms with Crippen molar-refractivity contribution < 1.29 is 14.5 Å². The van der Waals surface area contributed by atoms with Crippen molar-refractivity contribution in [2.24, 2.45) is 0 Å². The van der Waals surface area contributed by atoms with E-state index in [9.17, 15) is 14.9 Å². The zero-order valence-electron chi connectivity index (χ0n) is 17.6. The first-order valence-corrected chi connectivity index (χ1v) is 10.9. The molecule has 0 aromatic heterocycles. The lowest BCUT2D eigenvalue weighted by Crippen LogP contribution is -2.36. The third kappa shape index (κ3) is 5.14. The molecule has 0 radical (unpaired) electrons. The molecule has 0 unspecified atom stereocenters. The Morgan fingerprint density at radius 2 is 1.58 bits per heavy atom. The number of nitro benzene ring substituents is 1. The molecule has 0 bridgehead atoms. The maximum absolute atomic E-state index is 12.7. The largest absolute Gasteiger partial charge is 0.378 e. The quantitative estimate of drug-likeness (QED) is 0.575. The minimum Gasteiger partial charge on any atom is -0.378 e. The zero-order chi connectivity index (χ0) is 21.6. The molecule has 1 amide bonds. The Kier molecular flexibility index (Phi) is 6.66. The highest BCUT2D eigenvalue weighted by atomic mass is 16.6. The summed E-state index contributed by atoms with van der Waals surface area (Å²) in [4.78, 5) is 28.4. The van der Waals surface area contributed by atoms with Crippen molar-refractivity contribution in [3.8, 4) is 0 Å². The number of benzene rings is 2. The van der Waals surface area contributed by atoms with Crippen LogP contribution in [0.3, 0.4) is 0 Å². The van der Waals surface area contributed by atoms with Gasteiger partial charge in [-0.15, -0.1) is 0 Å². The van der Waals surface area contributed by atoms with E-state index in [1.807, 2.05) is 24.3 Å². The summed E-state index contributed by atoms with van der Waals surface area (Å²) in [5, 5.41) is 14.6. The molecular weight excluding hydrogens is 396 g/mol. The van der Waals surface area contributed by atoms with Crippen LogP contribution in [0.4, 0.5) is 22.7 Å². The van der Waals surface area contributed by atoms with Gasteiger partial charge in [0.15, 0.2) is 0 Å². The number of amides is 1. The van der Waals surface area contributed by atoms with E-state index in [1.54, 1.807) is 12.1 Å². The Labute approximate surface area is 181 Å². The highest BCUT2D eigenvalue weighted by molar-refractivity contribution is 6.05. The minimum absolute atomic E-state index is 0.0165. The second-order valence-corrected chi connectivity index (χ2v) is 7.96. The van der Waals surface area contributed by atoms with Gasteiger partial charge in [0.25, 0.3) is 11.6 Å². The van der Waals surface area contributed by atoms with E-state index < -0.39 is 4.92 Å². The number of ether oxygens (including phenoxy) is 1. The summed E-state index contributed by atoms with van der Waals surface area (Å²) in [6.07, 6.45) is 4.35. The summed E-state index contributed by atoms with van der Waals surface area (Å²) in [5.74, 6) is -0.357. The molecule has 31 heavy (non-hydrogen) atoms. The molecule has 8 nitrogen and oxygen atoms in total. The SMILES string of the molecule is O=C(Nc1ccc(N2CCOCC2)cc1)c1ccc(N2CCCCCC2)c([N+](=O)[O-])c1. The van der Waals surface area contributed by atoms with Crippen LogP contribution in [0.1, 0.15) is 36.0 Å². The first-order chi connectivity index (χ1) is 15.1. The number of hydrogen-bond donors (Lipinski definition) is 1. The van der Waals surface area contributed by atoms with Crippen LogP contribution in [-0.2, 0) is 4.74 Å². The van der Waals surface area contributed by atoms with Crippen LogP contribution in [0.2, 0.25) is 0 Å². The number of hydrogen-bond acceptors (Lipinski definition) is 6. The highest BCUT2D eigenvalue weighted by Crippen LogP contribution is 2.31. The van der Waals surface area contributed by atoms with E-state index in [0.29, 0.717) is 24.6 Å². The number of nitrogens with zero attached hydrogens (tertiary/aromatic N) is 3. The lowest BCUT2D eigenvalue weighted by atomic mass is 10.1. The van der Waals surface area contributed by atoms with Gasteiger partial charge in [0.1, 0.15) is 5.69 Å². The highest BCUT2D eigenvalue weighted by Gasteiger charge is 2.23. The van der Waals surface area contributed by atoms with Gasteiger partial charge in [-0.25, -0.2) is 0 Å². The molecule has 164 valence electrons. The van der Waals surface area contributed by atoms with Gasteiger partial charge in [0.2, 0.25) is 0 Å². The van der Waals surface area contributed by atoms with Gasteiger partial charge in [-0.2, -0.15) is 0 Å². The Bertz CT molecular complexity index is 918. The van der Waals surface area contributed by atoms with E-state index >= 15 is 0 Å². The van der Waals surface area contributed by atoms with Gasteiger partial charge in [0.05, 0.1) is 18.1 Å². The van der Waals surface area contributed by atoms with Crippen LogP contribution in [0, 0.1) is 10.1 Å². The molecule has 1 N–H and O–H groups in total. The van der Waals surface area contributed by atoms with Crippen molar-refractivity contribution in [2.45, 2.75) is 25.7 Å². The summed E-state index contributed by atoms with van der Waals surface area (Å²) >= 11 is 0. The van der Waals surface area contributed by atoms with E-state index in [2.05, 4.69) is 15.1 Å². The number of carbonyl (C=O) groups excluding carboxylic acids is 1. The Morgan fingerprint density at radius 3 is 2.23 bits per heavy atom. The number of carbonyl (C=O) groups is 1. The molecule has 0 aliphatic carbocycles. The predicted molar refractivity (Wildman–Crippen MR) is 121 cm³/mol. The Hall–Kier alpha value is -3.13. The molecule has 2 aromatic rings. The van der Waals surface area contributed by atoms with E-state index in [4.69, 9.17) is 4.74 Å². The fourth-order valence-corrected chi connectivity index (χ4v) is 4.17. The Morgan fingerprint density at radius 1 is 0.903 bits per heavy atom. The molecule has 0 spiro atoms. The average Bonchev–Trinajstić information content (AvgIpc) is 3.09. The molecule has 0 saturated carbocycles. The fourth-order valence-electron chi connectivity index (χ4n) is 4.17. The van der Waals surface area contributed by atoms with E-state index in [0.717, 1.165) is 57.5 Å². The summed E-state index contributed by atoms with van der Waals surface area (Å²) in [6.45, 7) is 4.73.